The van der Waals surface area contributed by atoms with Crippen LogP contribution in [0.25, 0.3) is 0 Å². The Morgan fingerprint density at radius 1 is 0.794 bits per heavy atom. The van der Waals surface area contributed by atoms with Gasteiger partial charge in [0.15, 0.2) is 0 Å². The van der Waals surface area contributed by atoms with E-state index in [1.165, 1.54) is 0 Å². The Kier molecular flexibility index (Phi) is 9.48. The Balaban J connectivity index is 0.000000346. The zero-order valence-electron chi connectivity index (χ0n) is 20.4. The van der Waals surface area contributed by atoms with Crippen LogP contribution in [-0.4, -0.2) is 82.6 Å². The number of ketones is 1. The minimum atomic E-state index is -0.852. The van der Waals surface area contributed by atoms with E-state index in [0.717, 1.165) is 0 Å². The van der Waals surface area contributed by atoms with E-state index in [-0.39, 0.29) is 31.3 Å². The molecule has 0 saturated carbocycles. The number of carbonyl (C=O) groups is 5. The van der Waals surface area contributed by atoms with Crippen LogP contribution in [0.2, 0.25) is 0 Å². The normalized spacial score (nSPS) is 19.9. The van der Waals surface area contributed by atoms with Crippen LogP contribution in [-0.2, 0) is 19.1 Å². The summed E-state index contributed by atoms with van der Waals surface area (Å²) in [7, 11) is 0. The lowest BCUT2D eigenvalue weighted by Gasteiger charge is -2.37. The second-order valence-electron chi connectivity index (χ2n) is 10.5. The molecule has 11 heteroatoms. The van der Waals surface area contributed by atoms with E-state index in [4.69, 9.17) is 9.47 Å². The van der Waals surface area contributed by atoms with E-state index in [2.05, 4.69) is 10.6 Å². The van der Waals surface area contributed by atoms with Crippen LogP contribution in [0.1, 0.15) is 74.7 Å². The predicted octanol–water partition coefficient (Wildman–Crippen LogP) is 2.82. The first kappa shape index (κ1) is 29.2. The number of rotatable bonds is 0. The van der Waals surface area contributed by atoms with E-state index >= 15 is 0 Å². The largest absolute Gasteiger partial charge is 0.444 e. The molecule has 0 atom stereocenters. The van der Waals surface area contributed by atoms with Crippen LogP contribution in [0, 0.1) is 0 Å². The van der Waals surface area contributed by atoms with Crippen LogP contribution in [0.4, 0.5) is 14.4 Å². The number of hydrogen-bond acceptors (Lipinski definition) is 7. The van der Waals surface area contributed by atoms with Crippen molar-refractivity contribution in [3.63, 3.8) is 0 Å². The molecule has 0 aromatic carbocycles. The third-order valence-electron chi connectivity index (χ3n) is 5.26. The highest BCUT2D eigenvalue weighted by molar-refractivity contribution is 6.07. The van der Waals surface area contributed by atoms with Crippen molar-refractivity contribution in [1.82, 2.24) is 20.4 Å². The van der Waals surface area contributed by atoms with Crippen LogP contribution in [0.5, 0.6) is 0 Å². The summed E-state index contributed by atoms with van der Waals surface area (Å²) in [5, 5.41) is 4.88. The molecular weight excluding hydrogens is 444 g/mol. The lowest BCUT2D eigenvalue weighted by molar-refractivity contribution is -0.125. The molecule has 0 bridgehead atoms. The summed E-state index contributed by atoms with van der Waals surface area (Å²) in [6, 6.07) is -0.462. The molecule has 0 aromatic heterocycles. The second-order valence-corrected chi connectivity index (χ2v) is 10.5. The molecule has 1 spiro atoms. The van der Waals surface area contributed by atoms with Crippen LogP contribution in [0.15, 0.2) is 0 Å². The first-order chi connectivity index (χ1) is 15.1. The van der Waals surface area contributed by atoms with Gasteiger partial charge in [-0.25, -0.2) is 14.4 Å². The average Bonchev–Trinajstić information content (AvgIpc) is 2.93. The maximum atomic E-state index is 11.9. The summed E-state index contributed by atoms with van der Waals surface area (Å²) in [4.78, 5) is 60.4. The minimum Gasteiger partial charge on any atom is -0.444 e. The average molecular weight is 485 g/mol. The Bertz CT molecular complexity index is 780. The molecule has 0 radical (unpaired) electrons. The standard InChI is InChI=1S/C12H19N3O4.C10H17NO3.CH4/c1-11(2,3)19-10(18)15-6-4-12(5-7-15)8(16)13-9(17)14-12;1-10(2,3)14-9(13)11-6-4-8(12)5-7-11;/h4-7H2,1-3H3,(H2,13,14,16,17);4-7H2,1-3H3;1H4. The van der Waals surface area contributed by atoms with Crippen molar-refractivity contribution < 1.29 is 33.4 Å². The van der Waals surface area contributed by atoms with E-state index in [1.807, 2.05) is 20.8 Å². The van der Waals surface area contributed by atoms with E-state index in [9.17, 15) is 24.0 Å². The topological polar surface area (TPSA) is 134 Å². The fraction of sp³-hybridized carbons (Fsp3) is 0.783. The second kappa shape index (κ2) is 11.1. The third kappa shape index (κ3) is 8.49. The molecule has 3 fully saturated rings. The highest BCUT2D eigenvalue weighted by atomic mass is 16.6. The lowest BCUT2D eigenvalue weighted by atomic mass is 9.88. The van der Waals surface area contributed by atoms with Crippen molar-refractivity contribution >= 4 is 29.9 Å². The van der Waals surface area contributed by atoms with Crippen LogP contribution in [0.3, 0.4) is 0 Å². The predicted molar refractivity (Wildman–Crippen MR) is 125 cm³/mol. The van der Waals surface area contributed by atoms with Crippen molar-refractivity contribution in [2.24, 2.45) is 0 Å². The number of likely N-dealkylation sites (tertiary alicyclic amines) is 2. The van der Waals surface area contributed by atoms with Crippen LogP contribution >= 0.6 is 0 Å². The van der Waals surface area contributed by atoms with Gasteiger partial charge in [-0.2, -0.15) is 0 Å². The Morgan fingerprint density at radius 3 is 1.56 bits per heavy atom. The number of hydrogen-bond donors (Lipinski definition) is 2. The maximum Gasteiger partial charge on any atom is 0.410 e. The molecule has 3 rings (SSSR count). The van der Waals surface area contributed by atoms with Gasteiger partial charge in [0.2, 0.25) is 0 Å². The molecule has 5 amide bonds. The van der Waals surface area contributed by atoms with Gasteiger partial charge in [-0.15, -0.1) is 0 Å². The molecule has 194 valence electrons. The number of ether oxygens (including phenoxy) is 2. The maximum absolute atomic E-state index is 11.9. The molecule has 3 aliphatic rings. The molecule has 0 aromatic rings. The van der Waals surface area contributed by atoms with Gasteiger partial charge in [0.1, 0.15) is 22.5 Å². The van der Waals surface area contributed by atoms with Crippen molar-refractivity contribution in [3.8, 4) is 0 Å². The van der Waals surface area contributed by atoms with Gasteiger partial charge in [-0.05, 0) is 54.4 Å². The SMILES string of the molecule is C.CC(C)(C)OC(=O)N1CCC(=O)CC1.CC(C)(C)OC(=O)N1CCC2(CC1)NC(=O)NC2=O. The minimum absolute atomic E-state index is 0. The van der Waals surface area contributed by atoms with E-state index < -0.39 is 22.8 Å². The van der Waals surface area contributed by atoms with Gasteiger partial charge in [0, 0.05) is 39.0 Å². The highest BCUT2D eigenvalue weighted by Gasteiger charge is 2.48. The number of nitrogens with zero attached hydrogens (tertiary/aromatic N) is 2. The molecule has 2 N–H and O–H groups in total. The molecule has 0 aliphatic carbocycles. The number of urea groups is 1. The van der Waals surface area contributed by atoms with Gasteiger partial charge in [-0.3, -0.25) is 14.9 Å². The van der Waals surface area contributed by atoms with E-state index in [0.29, 0.717) is 51.9 Å². The number of imide groups is 1. The summed E-state index contributed by atoms with van der Waals surface area (Å²) in [5.41, 5.74) is -1.85. The summed E-state index contributed by atoms with van der Waals surface area (Å²) in [6.07, 6.45) is 1.03. The third-order valence-corrected chi connectivity index (χ3v) is 5.26. The molecular formula is C23H40N4O7. The Labute approximate surface area is 201 Å². The fourth-order valence-electron chi connectivity index (χ4n) is 3.54. The van der Waals surface area contributed by atoms with Gasteiger partial charge >= 0.3 is 18.2 Å². The fourth-order valence-corrected chi connectivity index (χ4v) is 3.54. The first-order valence-corrected chi connectivity index (χ1v) is 11.2. The first-order valence-electron chi connectivity index (χ1n) is 11.2. The number of amides is 5. The summed E-state index contributed by atoms with van der Waals surface area (Å²) in [6.45, 7) is 12.7. The smallest absolute Gasteiger partial charge is 0.410 e. The van der Waals surface area contributed by atoms with Gasteiger partial charge < -0.3 is 24.6 Å². The van der Waals surface area contributed by atoms with Crippen molar-refractivity contribution in [2.45, 2.75) is 91.4 Å². The molecule has 34 heavy (non-hydrogen) atoms. The summed E-state index contributed by atoms with van der Waals surface area (Å²) < 4.78 is 10.5. The van der Waals surface area contributed by atoms with Gasteiger partial charge in [0.05, 0.1) is 0 Å². The van der Waals surface area contributed by atoms with Crippen molar-refractivity contribution in [3.05, 3.63) is 0 Å². The summed E-state index contributed by atoms with van der Waals surface area (Å²) >= 11 is 0. The number of piperidine rings is 2. The molecule has 3 saturated heterocycles. The Morgan fingerprint density at radius 2 is 1.21 bits per heavy atom. The number of nitrogens with one attached hydrogen (secondary N) is 2. The number of Topliss-reactive ketones (excluding diaryl/α,β-unsaturated/α-hetero) is 1. The molecule has 11 nitrogen and oxygen atoms in total. The lowest BCUT2D eigenvalue weighted by Crippen LogP contribution is -2.56. The summed E-state index contributed by atoms with van der Waals surface area (Å²) in [5.74, 6) is -0.0776. The molecule has 3 aliphatic heterocycles. The van der Waals surface area contributed by atoms with Crippen LogP contribution < -0.4 is 10.6 Å². The highest BCUT2D eigenvalue weighted by Crippen LogP contribution is 2.26. The van der Waals surface area contributed by atoms with Crippen molar-refractivity contribution in [2.75, 3.05) is 26.2 Å². The van der Waals surface area contributed by atoms with E-state index in [1.54, 1.807) is 30.6 Å². The number of carbonyl (C=O) groups excluding carboxylic acids is 5. The quantitative estimate of drug-likeness (QED) is 0.505. The Hall–Kier alpha value is -2.85. The zero-order valence-corrected chi connectivity index (χ0v) is 20.4. The monoisotopic (exact) mass is 484 g/mol. The van der Waals surface area contributed by atoms with Gasteiger partial charge in [-0.1, -0.05) is 7.43 Å². The molecule has 0 unspecified atom stereocenters. The zero-order chi connectivity index (χ0) is 25.0. The van der Waals surface area contributed by atoms with Crippen molar-refractivity contribution in [1.29, 1.82) is 0 Å². The molecule has 3 heterocycles. The van der Waals surface area contributed by atoms with Gasteiger partial charge in [0.25, 0.3) is 5.91 Å².